The van der Waals surface area contributed by atoms with Gasteiger partial charge in [-0.15, -0.1) is 0 Å². The van der Waals surface area contributed by atoms with Crippen molar-refractivity contribution < 1.29 is 9.26 Å². The monoisotopic (exact) mass is 270 g/mol. The van der Waals surface area contributed by atoms with Crippen molar-refractivity contribution in [3.63, 3.8) is 0 Å². The van der Waals surface area contributed by atoms with Gasteiger partial charge in [0.25, 0.3) is 0 Å². The third-order valence-electron chi connectivity index (χ3n) is 2.97. The zero-order valence-electron chi connectivity index (χ0n) is 11.0. The Morgan fingerprint density at radius 1 is 1.35 bits per heavy atom. The van der Waals surface area contributed by atoms with Crippen molar-refractivity contribution in [3.05, 3.63) is 42.4 Å². The summed E-state index contributed by atoms with van der Waals surface area (Å²) in [6, 6.07) is 9.27. The molecule has 1 unspecified atom stereocenters. The zero-order valence-corrected chi connectivity index (χ0v) is 11.0. The topological polar surface area (TPSA) is 87.1 Å². The molecule has 0 aliphatic rings. The first kappa shape index (κ1) is 12.7. The molecule has 2 aromatic heterocycles. The van der Waals surface area contributed by atoms with Gasteiger partial charge in [0.15, 0.2) is 0 Å². The number of hydrogen-bond acceptors (Lipinski definition) is 6. The molecule has 20 heavy (non-hydrogen) atoms. The van der Waals surface area contributed by atoms with Crippen molar-refractivity contribution in [2.24, 2.45) is 5.73 Å². The fourth-order valence-electron chi connectivity index (χ4n) is 1.97. The molecule has 6 nitrogen and oxygen atoms in total. The molecule has 0 bridgehead atoms. The Bertz CT molecular complexity index is 726. The minimum atomic E-state index is -0.414. The van der Waals surface area contributed by atoms with E-state index in [0.717, 1.165) is 16.5 Å². The van der Waals surface area contributed by atoms with Gasteiger partial charge in [-0.3, -0.25) is 4.98 Å². The lowest BCUT2D eigenvalue weighted by Crippen LogP contribution is -2.16. The Morgan fingerprint density at radius 3 is 3.10 bits per heavy atom. The molecule has 0 saturated carbocycles. The fraction of sp³-hybridized carbons (Fsp3) is 0.214. The van der Waals surface area contributed by atoms with Crippen LogP contribution >= 0.6 is 0 Å². The van der Waals surface area contributed by atoms with Crippen LogP contribution < -0.4 is 5.73 Å². The third kappa shape index (κ3) is 2.38. The molecule has 1 atom stereocenters. The van der Waals surface area contributed by atoms with Gasteiger partial charge < -0.3 is 15.0 Å². The highest BCUT2D eigenvalue weighted by molar-refractivity contribution is 5.82. The number of nitrogens with two attached hydrogens (primary N) is 1. The molecule has 2 N–H and O–H groups in total. The Kier molecular flexibility index (Phi) is 3.41. The minimum Gasteiger partial charge on any atom is -0.383 e. The van der Waals surface area contributed by atoms with Crippen LogP contribution in [0.5, 0.6) is 0 Å². The normalized spacial score (nSPS) is 12.7. The summed E-state index contributed by atoms with van der Waals surface area (Å²) >= 11 is 0. The SMILES string of the molecule is COCC(N)c1nc(-c2ccc3ncccc3c2)no1. The first-order valence-corrected chi connectivity index (χ1v) is 6.21. The van der Waals surface area contributed by atoms with Gasteiger partial charge in [-0.25, -0.2) is 0 Å². The van der Waals surface area contributed by atoms with E-state index in [-0.39, 0.29) is 0 Å². The van der Waals surface area contributed by atoms with Crippen LogP contribution in [0.4, 0.5) is 0 Å². The highest BCUT2D eigenvalue weighted by atomic mass is 16.5. The van der Waals surface area contributed by atoms with Gasteiger partial charge in [-0.05, 0) is 24.3 Å². The minimum absolute atomic E-state index is 0.337. The van der Waals surface area contributed by atoms with E-state index in [4.69, 9.17) is 15.0 Å². The van der Waals surface area contributed by atoms with E-state index in [9.17, 15) is 0 Å². The Morgan fingerprint density at radius 2 is 2.25 bits per heavy atom. The van der Waals surface area contributed by atoms with Crippen LogP contribution in [0.3, 0.4) is 0 Å². The van der Waals surface area contributed by atoms with Crippen LogP contribution in [0, 0.1) is 0 Å². The summed E-state index contributed by atoms with van der Waals surface area (Å²) < 4.78 is 10.1. The molecule has 0 aliphatic heterocycles. The lowest BCUT2D eigenvalue weighted by Gasteiger charge is -2.03. The molecule has 0 amide bonds. The first-order chi connectivity index (χ1) is 9.78. The summed E-state index contributed by atoms with van der Waals surface area (Å²) in [5.74, 6) is 0.880. The number of aromatic nitrogens is 3. The predicted octanol–water partition coefficient (Wildman–Crippen LogP) is 1.93. The summed E-state index contributed by atoms with van der Waals surface area (Å²) in [4.78, 5) is 8.58. The average Bonchev–Trinajstić information content (AvgIpc) is 2.97. The van der Waals surface area contributed by atoms with E-state index in [1.165, 1.54) is 0 Å². The zero-order chi connectivity index (χ0) is 13.9. The molecule has 6 heteroatoms. The van der Waals surface area contributed by atoms with Gasteiger partial charge in [0.1, 0.15) is 6.04 Å². The van der Waals surface area contributed by atoms with Gasteiger partial charge in [0, 0.05) is 24.3 Å². The van der Waals surface area contributed by atoms with E-state index in [1.807, 2.05) is 30.3 Å². The highest BCUT2D eigenvalue weighted by Gasteiger charge is 2.15. The van der Waals surface area contributed by atoms with E-state index in [0.29, 0.717) is 18.3 Å². The quantitative estimate of drug-likeness (QED) is 0.779. The van der Waals surface area contributed by atoms with Gasteiger partial charge in [-0.2, -0.15) is 4.98 Å². The molecule has 0 saturated heterocycles. The van der Waals surface area contributed by atoms with Crippen molar-refractivity contribution in [1.29, 1.82) is 0 Å². The molecule has 0 fully saturated rings. The number of ether oxygens (including phenoxy) is 1. The van der Waals surface area contributed by atoms with Crippen LogP contribution in [-0.4, -0.2) is 28.8 Å². The highest BCUT2D eigenvalue weighted by Crippen LogP contribution is 2.22. The summed E-state index contributed by atoms with van der Waals surface area (Å²) in [6.45, 7) is 0.337. The molecule has 0 spiro atoms. The summed E-state index contributed by atoms with van der Waals surface area (Å²) in [5, 5.41) is 4.98. The van der Waals surface area contributed by atoms with Crippen molar-refractivity contribution in [1.82, 2.24) is 15.1 Å². The maximum Gasteiger partial charge on any atom is 0.246 e. The van der Waals surface area contributed by atoms with E-state index >= 15 is 0 Å². The van der Waals surface area contributed by atoms with Crippen molar-refractivity contribution in [2.75, 3.05) is 13.7 Å². The van der Waals surface area contributed by atoms with Gasteiger partial charge in [-0.1, -0.05) is 11.2 Å². The predicted molar refractivity (Wildman–Crippen MR) is 73.8 cm³/mol. The molecule has 0 radical (unpaired) electrons. The maximum atomic E-state index is 5.86. The molecule has 1 aromatic carbocycles. The number of nitrogens with zero attached hydrogens (tertiary/aromatic N) is 3. The van der Waals surface area contributed by atoms with Crippen molar-refractivity contribution in [3.8, 4) is 11.4 Å². The number of fused-ring (bicyclic) bond motifs is 1. The first-order valence-electron chi connectivity index (χ1n) is 6.21. The second-order valence-corrected chi connectivity index (χ2v) is 4.43. The second kappa shape index (κ2) is 5.36. The van der Waals surface area contributed by atoms with Gasteiger partial charge in [0.05, 0.1) is 12.1 Å². The molecular formula is C14H14N4O2. The van der Waals surface area contributed by atoms with E-state index in [2.05, 4.69) is 15.1 Å². The maximum absolute atomic E-state index is 5.86. The van der Waals surface area contributed by atoms with Gasteiger partial charge in [0.2, 0.25) is 11.7 Å². The second-order valence-electron chi connectivity index (χ2n) is 4.43. The van der Waals surface area contributed by atoms with Crippen molar-refractivity contribution >= 4 is 10.9 Å². The standard InChI is InChI=1S/C14H14N4O2/c1-19-8-11(15)14-17-13(18-20-14)10-4-5-12-9(7-10)3-2-6-16-12/h2-7,11H,8,15H2,1H3. The smallest absolute Gasteiger partial charge is 0.246 e. The molecule has 3 rings (SSSR count). The van der Waals surface area contributed by atoms with Crippen LogP contribution in [0.1, 0.15) is 11.9 Å². The number of pyridine rings is 1. The molecule has 2 heterocycles. The number of methoxy groups -OCH3 is 1. The summed E-state index contributed by atoms with van der Waals surface area (Å²) in [7, 11) is 1.58. The average molecular weight is 270 g/mol. The number of hydrogen-bond donors (Lipinski definition) is 1. The summed E-state index contributed by atoms with van der Waals surface area (Å²) in [5.41, 5.74) is 7.65. The lowest BCUT2D eigenvalue weighted by atomic mass is 10.1. The lowest BCUT2D eigenvalue weighted by molar-refractivity contribution is 0.166. The van der Waals surface area contributed by atoms with Crippen LogP contribution in [0.25, 0.3) is 22.3 Å². The molecule has 3 aromatic rings. The number of rotatable bonds is 4. The third-order valence-corrected chi connectivity index (χ3v) is 2.97. The van der Waals surface area contributed by atoms with Gasteiger partial charge >= 0.3 is 0 Å². The molecule has 0 aliphatic carbocycles. The Labute approximate surface area is 115 Å². The molecular weight excluding hydrogens is 256 g/mol. The summed E-state index contributed by atoms with van der Waals surface area (Å²) in [6.07, 6.45) is 1.76. The van der Waals surface area contributed by atoms with Crippen LogP contribution in [-0.2, 0) is 4.74 Å². The number of benzene rings is 1. The van der Waals surface area contributed by atoms with Crippen molar-refractivity contribution in [2.45, 2.75) is 6.04 Å². The molecule has 102 valence electrons. The van der Waals surface area contributed by atoms with Crippen LogP contribution in [0.15, 0.2) is 41.1 Å². The fourth-order valence-corrected chi connectivity index (χ4v) is 1.97. The Balaban J connectivity index is 1.94. The largest absolute Gasteiger partial charge is 0.383 e. The Hall–Kier alpha value is -2.31. The van der Waals surface area contributed by atoms with E-state index in [1.54, 1.807) is 13.3 Å². The van der Waals surface area contributed by atoms with E-state index < -0.39 is 6.04 Å². The van der Waals surface area contributed by atoms with Crippen LogP contribution in [0.2, 0.25) is 0 Å².